The fraction of sp³-hybridized carbons (Fsp3) is 0.667. The summed E-state index contributed by atoms with van der Waals surface area (Å²) in [6.07, 6.45) is 2.89. The standard InChI is InChI=1S/C15H27N3O/c1-7-15(4,10-16)18(5)9-13-12(3)14(19-6)11(2)8-17-13/h8H,7,9-10,16H2,1-6H3. The highest BCUT2D eigenvalue weighted by atomic mass is 16.5. The van der Waals surface area contributed by atoms with Crippen molar-refractivity contribution in [3.8, 4) is 5.75 Å². The molecule has 1 rings (SSSR count). The number of rotatable bonds is 6. The van der Waals surface area contributed by atoms with Crippen molar-refractivity contribution in [1.29, 1.82) is 0 Å². The van der Waals surface area contributed by atoms with E-state index in [9.17, 15) is 0 Å². The molecule has 0 amide bonds. The maximum Gasteiger partial charge on any atom is 0.128 e. The molecule has 4 nitrogen and oxygen atoms in total. The summed E-state index contributed by atoms with van der Waals surface area (Å²) in [7, 11) is 3.81. The van der Waals surface area contributed by atoms with E-state index in [1.54, 1.807) is 7.11 Å². The Kier molecular flexibility index (Phi) is 5.32. The fourth-order valence-electron chi connectivity index (χ4n) is 2.22. The van der Waals surface area contributed by atoms with Gasteiger partial charge in [-0.05, 0) is 34.2 Å². The van der Waals surface area contributed by atoms with E-state index >= 15 is 0 Å². The summed E-state index contributed by atoms with van der Waals surface area (Å²) in [6, 6.07) is 0. The van der Waals surface area contributed by atoms with Crippen molar-refractivity contribution in [3.05, 3.63) is 23.0 Å². The minimum atomic E-state index is 0.00619. The van der Waals surface area contributed by atoms with Crippen LogP contribution in [0.1, 0.15) is 37.1 Å². The van der Waals surface area contributed by atoms with Gasteiger partial charge in [-0.25, -0.2) is 0 Å². The zero-order valence-corrected chi connectivity index (χ0v) is 13.1. The second-order valence-corrected chi connectivity index (χ2v) is 5.46. The van der Waals surface area contributed by atoms with E-state index in [1.807, 2.05) is 13.1 Å². The Morgan fingerprint density at radius 2 is 2.05 bits per heavy atom. The molecule has 0 aliphatic carbocycles. The third-order valence-electron chi connectivity index (χ3n) is 4.26. The Morgan fingerprint density at radius 1 is 1.42 bits per heavy atom. The van der Waals surface area contributed by atoms with Crippen LogP contribution in [0.15, 0.2) is 6.20 Å². The predicted octanol–water partition coefficient (Wildman–Crippen LogP) is 2.27. The molecule has 0 saturated carbocycles. The third-order valence-corrected chi connectivity index (χ3v) is 4.26. The molecule has 1 aromatic rings. The highest BCUT2D eigenvalue weighted by Crippen LogP contribution is 2.26. The highest BCUT2D eigenvalue weighted by Gasteiger charge is 2.26. The molecule has 1 aromatic heterocycles. The Morgan fingerprint density at radius 3 is 2.53 bits per heavy atom. The molecule has 4 heteroatoms. The summed E-state index contributed by atoms with van der Waals surface area (Å²) in [5, 5.41) is 0. The summed E-state index contributed by atoms with van der Waals surface area (Å²) >= 11 is 0. The number of ether oxygens (including phenoxy) is 1. The van der Waals surface area contributed by atoms with Crippen molar-refractivity contribution in [2.24, 2.45) is 5.73 Å². The molecule has 1 unspecified atom stereocenters. The fourth-order valence-corrected chi connectivity index (χ4v) is 2.22. The maximum absolute atomic E-state index is 5.90. The van der Waals surface area contributed by atoms with Crippen molar-refractivity contribution in [3.63, 3.8) is 0 Å². The quantitative estimate of drug-likeness (QED) is 0.857. The van der Waals surface area contributed by atoms with Gasteiger partial charge >= 0.3 is 0 Å². The first-order valence-corrected chi connectivity index (χ1v) is 6.80. The van der Waals surface area contributed by atoms with Gasteiger partial charge in [0.25, 0.3) is 0 Å². The van der Waals surface area contributed by atoms with Crippen LogP contribution in [-0.4, -0.2) is 36.1 Å². The van der Waals surface area contributed by atoms with Gasteiger partial charge in [-0.2, -0.15) is 0 Å². The summed E-state index contributed by atoms with van der Waals surface area (Å²) in [6.45, 7) is 9.86. The van der Waals surface area contributed by atoms with Gasteiger partial charge in [0, 0.05) is 36.0 Å². The van der Waals surface area contributed by atoms with E-state index in [0.717, 1.165) is 35.5 Å². The van der Waals surface area contributed by atoms with Gasteiger partial charge in [-0.3, -0.25) is 9.88 Å². The molecule has 0 bridgehead atoms. The average molecular weight is 265 g/mol. The van der Waals surface area contributed by atoms with Crippen LogP contribution in [0.4, 0.5) is 0 Å². The molecule has 0 radical (unpaired) electrons. The van der Waals surface area contributed by atoms with Crippen molar-refractivity contribution >= 4 is 0 Å². The molecule has 0 spiro atoms. The highest BCUT2D eigenvalue weighted by molar-refractivity contribution is 5.41. The molecule has 2 N–H and O–H groups in total. The molecular weight excluding hydrogens is 238 g/mol. The van der Waals surface area contributed by atoms with Crippen molar-refractivity contribution in [2.45, 2.75) is 46.2 Å². The number of pyridine rings is 1. The summed E-state index contributed by atoms with van der Waals surface area (Å²) in [5.41, 5.74) is 9.15. The van der Waals surface area contributed by atoms with Gasteiger partial charge in [0.2, 0.25) is 0 Å². The van der Waals surface area contributed by atoms with Gasteiger partial charge in [0.05, 0.1) is 12.8 Å². The van der Waals surface area contributed by atoms with Gasteiger partial charge < -0.3 is 10.5 Å². The number of likely N-dealkylation sites (N-methyl/N-ethyl adjacent to an activating group) is 1. The van der Waals surface area contributed by atoms with Crippen LogP contribution in [-0.2, 0) is 6.54 Å². The van der Waals surface area contributed by atoms with E-state index < -0.39 is 0 Å². The first kappa shape index (κ1) is 15.9. The lowest BCUT2D eigenvalue weighted by Gasteiger charge is -2.37. The van der Waals surface area contributed by atoms with E-state index in [4.69, 9.17) is 10.5 Å². The van der Waals surface area contributed by atoms with E-state index in [1.165, 1.54) is 0 Å². The Bertz CT molecular complexity index is 428. The normalized spacial score (nSPS) is 14.5. The second kappa shape index (κ2) is 6.35. The Labute approximate surface area is 117 Å². The molecule has 0 saturated heterocycles. The van der Waals surface area contributed by atoms with Crippen LogP contribution < -0.4 is 10.5 Å². The molecule has 19 heavy (non-hydrogen) atoms. The summed E-state index contributed by atoms with van der Waals surface area (Å²) in [5.74, 6) is 0.935. The van der Waals surface area contributed by atoms with Crippen molar-refractivity contribution in [2.75, 3.05) is 20.7 Å². The summed E-state index contributed by atoms with van der Waals surface area (Å²) < 4.78 is 5.45. The van der Waals surface area contributed by atoms with Crippen LogP contribution >= 0.6 is 0 Å². The number of nitrogens with two attached hydrogens (primary N) is 1. The molecule has 0 fully saturated rings. The number of aromatic nitrogens is 1. The Hall–Kier alpha value is -1.13. The van der Waals surface area contributed by atoms with E-state index in [-0.39, 0.29) is 5.54 Å². The first-order valence-electron chi connectivity index (χ1n) is 6.80. The number of hydrogen-bond donors (Lipinski definition) is 1. The number of aryl methyl sites for hydroxylation is 1. The zero-order chi connectivity index (χ0) is 14.6. The molecule has 0 aliphatic rings. The van der Waals surface area contributed by atoms with Crippen molar-refractivity contribution < 1.29 is 4.74 Å². The predicted molar refractivity (Wildman–Crippen MR) is 79.5 cm³/mol. The topological polar surface area (TPSA) is 51.4 Å². The largest absolute Gasteiger partial charge is 0.496 e. The van der Waals surface area contributed by atoms with E-state index in [0.29, 0.717) is 6.54 Å². The third kappa shape index (κ3) is 3.25. The van der Waals surface area contributed by atoms with Crippen LogP contribution in [0.2, 0.25) is 0 Å². The molecule has 1 atom stereocenters. The average Bonchev–Trinajstić information content (AvgIpc) is 2.41. The monoisotopic (exact) mass is 265 g/mol. The molecule has 108 valence electrons. The molecular formula is C15H27N3O. The number of methoxy groups -OCH3 is 1. The van der Waals surface area contributed by atoms with Gasteiger partial charge in [0.15, 0.2) is 0 Å². The number of hydrogen-bond acceptors (Lipinski definition) is 4. The number of nitrogens with zero attached hydrogens (tertiary/aromatic N) is 2. The van der Waals surface area contributed by atoms with Gasteiger partial charge in [-0.1, -0.05) is 6.92 Å². The minimum absolute atomic E-state index is 0.00619. The van der Waals surface area contributed by atoms with Crippen LogP contribution in [0.3, 0.4) is 0 Å². The molecule has 1 heterocycles. The van der Waals surface area contributed by atoms with Gasteiger partial charge in [-0.15, -0.1) is 0 Å². The lowest BCUT2D eigenvalue weighted by atomic mass is 9.96. The maximum atomic E-state index is 5.90. The minimum Gasteiger partial charge on any atom is -0.496 e. The second-order valence-electron chi connectivity index (χ2n) is 5.46. The van der Waals surface area contributed by atoms with Crippen molar-refractivity contribution in [1.82, 2.24) is 9.88 Å². The van der Waals surface area contributed by atoms with Crippen LogP contribution in [0.25, 0.3) is 0 Å². The van der Waals surface area contributed by atoms with Crippen LogP contribution in [0, 0.1) is 13.8 Å². The Balaban J connectivity index is 3.00. The SMILES string of the molecule is CCC(C)(CN)N(C)Cc1ncc(C)c(OC)c1C. The van der Waals surface area contributed by atoms with E-state index in [2.05, 4.69) is 37.7 Å². The summed E-state index contributed by atoms with van der Waals surface area (Å²) in [4.78, 5) is 6.82. The molecule has 0 aromatic carbocycles. The van der Waals surface area contributed by atoms with Gasteiger partial charge in [0.1, 0.15) is 5.75 Å². The lowest BCUT2D eigenvalue weighted by Crippen LogP contribution is -2.48. The lowest BCUT2D eigenvalue weighted by molar-refractivity contribution is 0.129. The smallest absolute Gasteiger partial charge is 0.128 e. The zero-order valence-electron chi connectivity index (χ0n) is 13.1. The molecule has 0 aliphatic heterocycles. The van der Waals surface area contributed by atoms with Crippen LogP contribution in [0.5, 0.6) is 5.75 Å². The first-order chi connectivity index (χ1) is 8.89.